The Morgan fingerprint density at radius 2 is 1.73 bits per heavy atom. The van der Waals surface area contributed by atoms with E-state index >= 15 is 0 Å². The first-order chi connectivity index (χ1) is 15.8. The SMILES string of the molecule is CC(C)CCC(=O)N1CCN(C(=O)C2CC3CCCCC3N2C(=O)c2cccc(Cl)c2)CC1. The molecule has 0 aromatic heterocycles. The van der Waals surface area contributed by atoms with Crippen LogP contribution >= 0.6 is 11.6 Å². The predicted octanol–water partition coefficient (Wildman–Crippen LogP) is 4.22. The molecule has 0 bridgehead atoms. The fraction of sp³-hybridized carbons (Fsp3) is 0.654. The number of carbonyl (C=O) groups is 3. The van der Waals surface area contributed by atoms with Gasteiger partial charge in [0.25, 0.3) is 5.91 Å². The van der Waals surface area contributed by atoms with Gasteiger partial charge in [0.1, 0.15) is 6.04 Å². The number of carbonyl (C=O) groups excluding carboxylic acids is 3. The summed E-state index contributed by atoms with van der Waals surface area (Å²) >= 11 is 6.15. The van der Waals surface area contributed by atoms with E-state index in [9.17, 15) is 14.4 Å². The van der Waals surface area contributed by atoms with Crippen molar-refractivity contribution in [3.63, 3.8) is 0 Å². The molecule has 1 aromatic carbocycles. The van der Waals surface area contributed by atoms with Gasteiger partial charge in [-0.3, -0.25) is 14.4 Å². The van der Waals surface area contributed by atoms with Crippen LogP contribution in [0.4, 0.5) is 0 Å². The summed E-state index contributed by atoms with van der Waals surface area (Å²) < 4.78 is 0. The van der Waals surface area contributed by atoms with Gasteiger partial charge >= 0.3 is 0 Å². The Morgan fingerprint density at radius 1 is 1.03 bits per heavy atom. The van der Waals surface area contributed by atoms with Crippen molar-refractivity contribution >= 4 is 29.3 Å². The first kappa shape index (κ1) is 24.1. The van der Waals surface area contributed by atoms with Crippen molar-refractivity contribution in [2.45, 2.75) is 70.9 Å². The van der Waals surface area contributed by atoms with E-state index in [1.165, 1.54) is 6.42 Å². The van der Waals surface area contributed by atoms with Crippen molar-refractivity contribution in [2.24, 2.45) is 11.8 Å². The zero-order valence-electron chi connectivity index (χ0n) is 19.8. The molecule has 3 atom stereocenters. The van der Waals surface area contributed by atoms with E-state index in [-0.39, 0.29) is 23.8 Å². The monoisotopic (exact) mass is 473 g/mol. The van der Waals surface area contributed by atoms with Gasteiger partial charge in [-0.25, -0.2) is 0 Å². The highest BCUT2D eigenvalue weighted by molar-refractivity contribution is 6.31. The third-order valence-corrected chi connectivity index (χ3v) is 7.79. The smallest absolute Gasteiger partial charge is 0.254 e. The van der Waals surface area contributed by atoms with Gasteiger partial charge in [0, 0.05) is 49.2 Å². The van der Waals surface area contributed by atoms with Gasteiger partial charge < -0.3 is 14.7 Å². The highest BCUT2D eigenvalue weighted by Crippen LogP contribution is 2.41. The maximum atomic E-state index is 13.7. The Bertz CT molecular complexity index is 881. The predicted molar refractivity (Wildman–Crippen MR) is 129 cm³/mol. The molecule has 2 aliphatic heterocycles. The van der Waals surface area contributed by atoms with E-state index in [0.29, 0.717) is 55.0 Å². The van der Waals surface area contributed by atoms with E-state index in [4.69, 9.17) is 11.6 Å². The number of likely N-dealkylation sites (tertiary alicyclic amines) is 1. The third-order valence-electron chi connectivity index (χ3n) is 7.56. The zero-order valence-corrected chi connectivity index (χ0v) is 20.6. The Hall–Kier alpha value is -2.08. The summed E-state index contributed by atoms with van der Waals surface area (Å²) in [5.74, 6) is 1.02. The van der Waals surface area contributed by atoms with Gasteiger partial charge in [0.05, 0.1) is 0 Å². The quantitative estimate of drug-likeness (QED) is 0.643. The lowest BCUT2D eigenvalue weighted by Crippen LogP contribution is -2.56. The van der Waals surface area contributed by atoms with Crippen molar-refractivity contribution in [2.75, 3.05) is 26.2 Å². The second-order valence-corrected chi connectivity index (χ2v) is 10.7. The van der Waals surface area contributed by atoms with Crippen molar-refractivity contribution in [3.8, 4) is 0 Å². The summed E-state index contributed by atoms with van der Waals surface area (Å²) in [7, 11) is 0. The minimum Gasteiger partial charge on any atom is -0.339 e. The van der Waals surface area contributed by atoms with Crippen LogP contribution in [0.15, 0.2) is 24.3 Å². The molecule has 6 nitrogen and oxygen atoms in total. The van der Waals surface area contributed by atoms with Gasteiger partial charge in [-0.1, -0.05) is 44.4 Å². The molecule has 1 saturated carbocycles. The fourth-order valence-corrected chi connectivity index (χ4v) is 5.89. The van der Waals surface area contributed by atoms with Gasteiger partial charge in [0.2, 0.25) is 11.8 Å². The van der Waals surface area contributed by atoms with Crippen LogP contribution < -0.4 is 0 Å². The Morgan fingerprint density at radius 3 is 2.42 bits per heavy atom. The highest BCUT2D eigenvalue weighted by atomic mass is 35.5. The van der Waals surface area contributed by atoms with Crippen molar-refractivity contribution in [3.05, 3.63) is 34.9 Å². The maximum absolute atomic E-state index is 13.7. The van der Waals surface area contributed by atoms with E-state index in [0.717, 1.165) is 32.1 Å². The largest absolute Gasteiger partial charge is 0.339 e. The molecule has 0 N–H and O–H groups in total. The molecule has 180 valence electrons. The molecule has 4 rings (SSSR count). The summed E-state index contributed by atoms with van der Waals surface area (Å²) in [4.78, 5) is 45.3. The number of halogens is 1. The zero-order chi connectivity index (χ0) is 23.5. The lowest BCUT2D eigenvalue weighted by atomic mass is 9.84. The molecule has 2 saturated heterocycles. The number of hydrogen-bond acceptors (Lipinski definition) is 3. The first-order valence-corrected chi connectivity index (χ1v) is 12.9. The molecule has 2 heterocycles. The van der Waals surface area contributed by atoms with Gasteiger partial charge in [-0.2, -0.15) is 0 Å². The van der Waals surface area contributed by atoms with Crippen LogP contribution in [0.5, 0.6) is 0 Å². The van der Waals surface area contributed by atoms with Crippen LogP contribution in [-0.2, 0) is 9.59 Å². The number of fused-ring (bicyclic) bond motifs is 1. The topological polar surface area (TPSA) is 60.9 Å². The molecule has 3 unspecified atom stereocenters. The summed E-state index contributed by atoms with van der Waals surface area (Å²) in [6.45, 7) is 6.47. The molecule has 3 aliphatic rings. The minimum absolute atomic E-state index is 0.0362. The molecule has 33 heavy (non-hydrogen) atoms. The molecule has 3 amide bonds. The molecule has 7 heteroatoms. The normalized spacial score (nSPS) is 25.3. The van der Waals surface area contributed by atoms with Crippen LogP contribution in [0.25, 0.3) is 0 Å². The summed E-state index contributed by atoms with van der Waals surface area (Å²) in [6, 6.07) is 6.73. The lowest BCUT2D eigenvalue weighted by molar-refractivity contribution is -0.142. The van der Waals surface area contributed by atoms with Crippen LogP contribution in [0.1, 0.15) is 69.2 Å². The van der Waals surface area contributed by atoms with Crippen LogP contribution in [0, 0.1) is 11.8 Å². The maximum Gasteiger partial charge on any atom is 0.254 e. The number of amides is 3. The van der Waals surface area contributed by atoms with Crippen LogP contribution in [0.3, 0.4) is 0 Å². The standard InChI is InChI=1S/C26H36ClN3O3/c1-18(2)10-11-24(31)28-12-14-29(15-13-28)26(33)23-17-19-6-3-4-9-22(19)30(23)25(32)20-7-5-8-21(27)16-20/h5,7-8,16,18-19,22-23H,3-4,6,9-15,17H2,1-2H3. The molecule has 1 aliphatic carbocycles. The number of nitrogens with zero attached hydrogens (tertiary/aromatic N) is 3. The van der Waals surface area contributed by atoms with E-state index < -0.39 is 6.04 Å². The highest BCUT2D eigenvalue weighted by Gasteiger charge is 2.48. The number of hydrogen-bond donors (Lipinski definition) is 0. The Kier molecular flexibility index (Phi) is 7.62. The summed E-state index contributed by atoms with van der Waals surface area (Å²) in [5, 5.41) is 0.529. The molecular formula is C26H36ClN3O3. The van der Waals surface area contributed by atoms with Gasteiger partial charge in [-0.15, -0.1) is 0 Å². The molecule has 1 aromatic rings. The van der Waals surface area contributed by atoms with Crippen LogP contribution in [-0.4, -0.2) is 70.7 Å². The Labute approximate surface area is 202 Å². The molecule has 0 spiro atoms. The fourth-order valence-electron chi connectivity index (χ4n) is 5.70. The Balaban J connectivity index is 1.45. The number of benzene rings is 1. The third kappa shape index (κ3) is 5.37. The number of piperazine rings is 1. The average Bonchev–Trinajstić information content (AvgIpc) is 3.21. The lowest BCUT2D eigenvalue weighted by Gasteiger charge is -2.38. The van der Waals surface area contributed by atoms with Gasteiger partial charge in [0.15, 0.2) is 0 Å². The van der Waals surface area contributed by atoms with Gasteiger partial charge in [-0.05, 0) is 55.7 Å². The first-order valence-electron chi connectivity index (χ1n) is 12.5. The van der Waals surface area contributed by atoms with E-state index in [1.54, 1.807) is 24.3 Å². The van der Waals surface area contributed by atoms with Crippen molar-refractivity contribution in [1.29, 1.82) is 0 Å². The van der Waals surface area contributed by atoms with Crippen LogP contribution in [0.2, 0.25) is 5.02 Å². The second-order valence-electron chi connectivity index (χ2n) is 10.2. The molecule has 3 fully saturated rings. The molecule has 0 radical (unpaired) electrons. The minimum atomic E-state index is -0.423. The second kappa shape index (κ2) is 10.5. The van der Waals surface area contributed by atoms with Crippen molar-refractivity contribution < 1.29 is 14.4 Å². The summed E-state index contributed by atoms with van der Waals surface area (Å²) in [5.41, 5.74) is 0.548. The number of rotatable bonds is 5. The van der Waals surface area contributed by atoms with E-state index in [2.05, 4.69) is 13.8 Å². The van der Waals surface area contributed by atoms with E-state index in [1.807, 2.05) is 14.7 Å². The molecular weight excluding hydrogens is 438 g/mol. The average molecular weight is 474 g/mol. The van der Waals surface area contributed by atoms with Crippen molar-refractivity contribution in [1.82, 2.24) is 14.7 Å². The summed E-state index contributed by atoms with van der Waals surface area (Å²) in [6.07, 6.45) is 6.49.